The number of hydrazone groups is 1. The Hall–Kier alpha value is -4.80. The molecule has 1 fully saturated rings. The topological polar surface area (TPSA) is 106 Å². The molecule has 0 aromatic heterocycles. The van der Waals surface area contributed by atoms with Crippen molar-refractivity contribution in [2.24, 2.45) is 5.10 Å². The van der Waals surface area contributed by atoms with Crippen LogP contribution in [0.5, 0.6) is 11.5 Å². The molecule has 2 unspecified atom stereocenters. The third-order valence-electron chi connectivity index (χ3n) is 7.52. The summed E-state index contributed by atoms with van der Waals surface area (Å²) in [5.74, 6) is -0.464. The van der Waals surface area contributed by atoms with Crippen LogP contribution < -0.4 is 14.8 Å². The molecule has 3 aliphatic heterocycles. The van der Waals surface area contributed by atoms with Gasteiger partial charge in [-0.25, -0.2) is 5.01 Å². The van der Waals surface area contributed by atoms with Gasteiger partial charge in [-0.1, -0.05) is 78.3 Å². The van der Waals surface area contributed by atoms with Crippen LogP contribution in [0.15, 0.2) is 107 Å². The van der Waals surface area contributed by atoms with E-state index in [2.05, 4.69) is 5.32 Å². The SMILES string of the molecule is O=C1NC2(Oc3ccccc3C3CC(c4ccccc4)=NN32)C(=Cc2cc([N+](=O)[O-])ccc2OCc2ccccc2Cl)S1. The number of thioether (sulfide) groups is 1. The first-order chi connectivity index (χ1) is 20.9. The largest absolute Gasteiger partial charge is 0.488 e. The lowest BCUT2D eigenvalue weighted by Gasteiger charge is -2.45. The Morgan fingerprint density at radius 1 is 1.09 bits per heavy atom. The maximum absolute atomic E-state index is 13.1. The first-order valence-electron chi connectivity index (χ1n) is 13.5. The summed E-state index contributed by atoms with van der Waals surface area (Å²) in [7, 11) is 0. The summed E-state index contributed by atoms with van der Waals surface area (Å²) in [6.07, 6.45) is 2.29. The molecule has 1 saturated heterocycles. The zero-order chi connectivity index (χ0) is 29.6. The minimum Gasteiger partial charge on any atom is -0.488 e. The van der Waals surface area contributed by atoms with E-state index in [9.17, 15) is 14.9 Å². The number of nitro benzene ring substituents is 1. The van der Waals surface area contributed by atoms with E-state index in [4.69, 9.17) is 26.2 Å². The van der Waals surface area contributed by atoms with Gasteiger partial charge >= 0.3 is 5.85 Å². The van der Waals surface area contributed by atoms with Gasteiger partial charge in [0.2, 0.25) is 0 Å². The average Bonchev–Trinajstić information content (AvgIpc) is 3.60. The third kappa shape index (κ3) is 4.88. The number of ether oxygens (including phenoxy) is 2. The van der Waals surface area contributed by atoms with Crippen LogP contribution in [0, 0.1) is 10.1 Å². The summed E-state index contributed by atoms with van der Waals surface area (Å²) in [4.78, 5) is 24.8. The number of hydrogen-bond acceptors (Lipinski definition) is 8. The Labute approximate surface area is 255 Å². The van der Waals surface area contributed by atoms with E-state index >= 15 is 0 Å². The Kier molecular flexibility index (Phi) is 6.79. The lowest BCUT2D eigenvalue weighted by atomic mass is 9.95. The highest BCUT2D eigenvalue weighted by Crippen LogP contribution is 2.53. The maximum Gasteiger partial charge on any atom is 0.314 e. The Balaban J connectivity index is 1.34. The van der Waals surface area contributed by atoms with Gasteiger partial charge in [-0.3, -0.25) is 20.2 Å². The summed E-state index contributed by atoms with van der Waals surface area (Å²) in [5.41, 5.74) is 3.83. The summed E-state index contributed by atoms with van der Waals surface area (Å²) in [6, 6.07) is 29.0. The number of nitrogens with one attached hydrogen (secondary N) is 1. The van der Waals surface area contributed by atoms with Crippen LogP contribution in [-0.2, 0) is 6.61 Å². The van der Waals surface area contributed by atoms with E-state index in [-0.39, 0.29) is 23.6 Å². The molecule has 3 aliphatic rings. The first kappa shape index (κ1) is 27.1. The van der Waals surface area contributed by atoms with Crippen molar-refractivity contribution in [2.45, 2.75) is 24.9 Å². The van der Waals surface area contributed by atoms with Crippen molar-refractivity contribution in [2.75, 3.05) is 0 Å². The second kappa shape index (κ2) is 10.8. The number of hydrogen-bond donors (Lipinski definition) is 1. The number of carbonyl (C=O) groups is 1. The maximum atomic E-state index is 13.1. The number of nitrogens with zero attached hydrogens (tertiary/aromatic N) is 3. The van der Waals surface area contributed by atoms with Crippen molar-refractivity contribution < 1.29 is 19.2 Å². The molecular formula is C32H23ClN4O5S. The van der Waals surface area contributed by atoms with E-state index in [1.807, 2.05) is 72.8 Å². The predicted molar refractivity (Wildman–Crippen MR) is 165 cm³/mol. The van der Waals surface area contributed by atoms with E-state index < -0.39 is 10.8 Å². The average molecular weight is 611 g/mol. The number of benzene rings is 4. The molecule has 214 valence electrons. The normalized spacial score (nSPS) is 21.2. The molecule has 4 aromatic carbocycles. The van der Waals surface area contributed by atoms with Crippen LogP contribution in [0.25, 0.3) is 6.08 Å². The third-order valence-corrected chi connectivity index (χ3v) is 8.79. The van der Waals surface area contributed by atoms with Gasteiger partial charge in [-0.15, -0.1) is 0 Å². The van der Waals surface area contributed by atoms with Crippen LogP contribution in [0.2, 0.25) is 5.02 Å². The Morgan fingerprint density at radius 2 is 1.86 bits per heavy atom. The monoisotopic (exact) mass is 610 g/mol. The molecule has 3 heterocycles. The van der Waals surface area contributed by atoms with Gasteiger partial charge in [0.1, 0.15) is 18.1 Å². The van der Waals surface area contributed by atoms with Crippen molar-refractivity contribution in [3.05, 3.63) is 139 Å². The summed E-state index contributed by atoms with van der Waals surface area (Å²) >= 11 is 7.29. The number of rotatable bonds is 6. The molecule has 0 bridgehead atoms. The lowest BCUT2D eigenvalue weighted by molar-refractivity contribution is -0.384. The predicted octanol–water partition coefficient (Wildman–Crippen LogP) is 7.52. The fourth-order valence-corrected chi connectivity index (χ4v) is 6.57. The highest BCUT2D eigenvalue weighted by atomic mass is 35.5. The lowest BCUT2D eigenvalue weighted by Crippen LogP contribution is -2.61. The zero-order valence-corrected chi connectivity index (χ0v) is 24.0. The highest BCUT2D eigenvalue weighted by molar-refractivity contribution is 8.17. The molecular weight excluding hydrogens is 588 g/mol. The van der Waals surface area contributed by atoms with Crippen molar-refractivity contribution in [3.8, 4) is 11.5 Å². The zero-order valence-electron chi connectivity index (χ0n) is 22.5. The van der Waals surface area contributed by atoms with Crippen LogP contribution in [0.1, 0.15) is 34.7 Å². The number of fused-ring (bicyclic) bond motifs is 4. The molecule has 2 atom stereocenters. The molecule has 0 saturated carbocycles. The van der Waals surface area contributed by atoms with Gasteiger partial charge in [0, 0.05) is 40.3 Å². The van der Waals surface area contributed by atoms with Crippen molar-refractivity contribution in [1.29, 1.82) is 0 Å². The van der Waals surface area contributed by atoms with E-state index in [1.165, 1.54) is 12.1 Å². The number of amides is 1. The second-order valence-corrected chi connectivity index (χ2v) is 11.6. The molecule has 1 amide bonds. The highest BCUT2D eigenvalue weighted by Gasteiger charge is 2.58. The summed E-state index contributed by atoms with van der Waals surface area (Å²) < 4.78 is 12.7. The van der Waals surface area contributed by atoms with Gasteiger partial charge in [-0.05, 0) is 41.6 Å². The Bertz CT molecular complexity index is 1830. The summed E-state index contributed by atoms with van der Waals surface area (Å²) in [6.45, 7) is 0.145. The van der Waals surface area contributed by atoms with Crippen LogP contribution in [0.3, 0.4) is 0 Å². The minimum absolute atomic E-state index is 0.119. The van der Waals surface area contributed by atoms with Crippen LogP contribution in [0.4, 0.5) is 10.5 Å². The van der Waals surface area contributed by atoms with Crippen molar-refractivity contribution >= 4 is 46.1 Å². The molecule has 4 aromatic rings. The van der Waals surface area contributed by atoms with Gasteiger partial charge in [-0.2, -0.15) is 5.10 Å². The molecule has 9 nitrogen and oxygen atoms in total. The van der Waals surface area contributed by atoms with Crippen molar-refractivity contribution in [1.82, 2.24) is 10.3 Å². The number of non-ortho nitro benzene ring substituents is 1. The van der Waals surface area contributed by atoms with Gasteiger partial charge < -0.3 is 9.47 Å². The van der Waals surface area contributed by atoms with Gasteiger partial charge in [0.05, 0.1) is 21.6 Å². The van der Waals surface area contributed by atoms with Crippen molar-refractivity contribution in [3.63, 3.8) is 0 Å². The van der Waals surface area contributed by atoms with Gasteiger partial charge in [0.15, 0.2) is 0 Å². The fourth-order valence-electron chi connectivity index (χ4n) is 5.48. The van der Waals surface area contributed by atoms with E-state index in [1.54, 1.807) is 23.2 Å². The van der Waals surface area contributed by atoms with Crippen LogP contribution >= 0.6 is 23.4 Å². The van der Waals surface area contributed by atoms with E-state index in [0.717, 1.165) is 34.2 Å². The smallest absolute Gasteiger partial charge is 0.314 e. The fraction of sp³-hybridized carbons (Fsp3) is 0.125. The molecule has 7 rings (SSSR count). The molecule has 1 spiro atoms. The standard InChI is InChI=1S/C32H23ClN4O5S/c33-25-12-6-4-10-21(25)19-41-28-15-14-23(37(39)40)16-22(28)17-30-32(34-31(38)43-30)36-27(24-11-5-7-13-29(24)42-32)18-26(35-36)20-8-2-1-3-9-20/h1-17,27H,18-19H2,(H,34,38). The quantitative estimate of drug-likeness (QED) is 0.178. The number of nitro groups is 1. The minimum atomic E-state index is -1.47. The molecule has 0 aliphatic carbocycles. The second-order valence-electron chi connectivity index (χ2n) is 10.1. The molecule has 43 heavy (non-hydrogen) atoms. The number of para-hydroxylation sites is 1. The first-order valence-corrected chi connectivity index (χ1v) is 14.7. The number of halogens is 1. The van der Waals surface area contributed by atoms with Crippen LogP contribution in [-0.4, -0.2) is 26.7 Å². The number of carbonyl (C=O) groups excluding carboxylic acids is 1. The Morgan fingerprint density at radius 3 is 2.67 bits per heavy atom. The summed E-state index contributed by atoms with van der Waals surface area (Å²) in [5, 5.41) is 21.7. The molecule has 11 heteroatoms. The molecule has 1 N–H and O–H groups in total. The van der Waals surface area contributed by atoms with Gasteiger partial charge in [0.25, 0.3) is 10.9 Å². The molecule has 0 radical (unpaired) electrons. The van der Waals surface area contributed by atoms with E-state index in [0.29, 0.717) is 33.4 Å².